The van der Waals surface area contributed by atoms with Gasteiger partial charge in [-0.05, 0) is 45.6 Å². The molecule has 1 aliphatic heterocycles. The normalized spacial score (nSPS) is 25.5. The van der Waals surface area contributed by atoms with Crippen LogP contribution in [-0.2, 0) is 23.1 Å². The van der Waals surface area contributed by atoms with Crippen molar-refractivity contribution >= 4 is 11.3 Å². The molecule has 0 aromatic carbocycles. The Hall–Kier alpha value is -0.450. The number of aromatic nitrogens is 1. The van der Waals surface area contributed by atoms with Crippen molar-refractivity contribution in [1.29, 1.82) is 0 Å². The van der Waals surface area contributed by atoms with Crippen molar-refractivity contribution in [3.8, 4) is 0 Å². The highest BCUT2D eigenvalue weighted by molar-refractivity contribution is 7.12. The van der Waals surface area contributed by atoms with E-state index < -0.39 is 0 Å². The minimum Gasteiger partial charge on any atom is -0.381 e. The van der Waals surface area contributed by atoms with E-state index in [1.165, 1.54) is 34.8 Å². The van der Waals surface area contributed by atoms with Gasteiger partial charge in [0, 0.05) is 17.4 Å². The fraction of sp³-hybridized carbons (Fsp3) is 0.800. The summed E-state index contributed by atoms with van der Waals surface area (Å²) >= 11 is 1.94. The van der Waals surface area contributed by atoms with Crippen molar-refractivity contribution in [2.24, 2.45) is 5.92 Å². The zero-order chi connectivity index (χ0) is 13.3. The number of ether oxygens (including phenoxy) is 1. The molecule has 19 heavy (non-hydrogen) atoms. The highest BCUT2D eigenvalue weighted by Crippen LogP contribution is 2.39. The van der Waals surface area contributed by atoms with Crippen LogP contribution < -0.4 is 5.32 Å². The molecular weight excluding hydrogens is 256 g/mol. The molecule has 4 heteroatoms. The lowest BCUT2D eigenvalue weighted by Crippen LogP contribution is -2.46. The number of rotatable bonds is 5. The van der Waals surface area contributed by atoms with Gasteiger partial charge in [0.25, 0.3) is 0 Å². The van der Waals surface area contributed by atoms with E-state index in [1.807, 2.05) is 11.3 Å². The van der Waals surface area contributed by atoms with Crippen LogP contribution in [0.25, 0.3) is 0 Å². The molecule has 2 heterocycles. The van der Waals surface area contributed by atoms with Gasteiger partial charge in [0.1, 0.15) is 5.01 Å². The molecule has 1 aromatic heterocycles. The Labute approximate surface area is 119 Å². The standard InChI is InChI=1S/C15H24N2OS/c1-3-8-16-15(2,11-7-9-18-10-11)14-17-12-5-4-6-13(12)19-14/h11,16H,3-10H2,1-2H3. The summed E-state index contributed by atoms with van der Waals surface area (Å²) in [6.45, 7) is 7.38. The third-order valence-electron chi connectivity index (χ3n) is 4.53. The van der Waals surface area contributed by atoms with Gasteiger partial charge in [-0.25, -0.2) is 4.98 Å². The molecule has 0 amide bonds. The van der Waals surface area contributed by atoms with Gasteiger partial charge in [-0.3, -0.25) is 0 Å². The van der Waals surface area contributed by atoms with Crippen LogP contribution in [0.3, 0.4) is 0 Å². The van der Waals surface area contributed by atoms with Crippen LogP contribution in [0.5, 0.6) is 0 Å². The predicted octanol–water partition coefficient (Wildman–Crippen LogP) is 2.88. The Balaban J connectivity index is 1.88. The van der Waals surface area contributed by atoms with Crippen LogP contribution in [0.2, 0.25) is 0 Å². The average molecular weight is 280 g/mol. The SMILES string of the molecule is CCCNC(C)(c1nc2c(s1)CCC2)C1CCOC1. The molecule has 3 rings (SSSR count). The summed E-state index contributed by atoms with van der Waals surface area (Å²) in [6.07, 6.45) is 6.01. The van der Waals surface area contributed by atoms with Gasteiger partial charge in [-0.1, -0.05) is 6.92 Å². The van der Waals surface area contributed by atoms with E-state index in [9.17, 15) is 0 Å². The summed E-state index contributed by atoms with van der Waals surface area (Å²) in [5.41, 5.74) is 1.37. The summed E-state index contributed by atoms with van der Waals surface area (Å²) < 4.78 is 5.62. The van der Waals surface area contributed by atoms with Crippen molar-refractivity contribution in [3.63, 3.8) is 0 Å². The van der Waals surface area contributed by atoms with Crippen LogP contribution in [0.15, 0.2) is 0 Å². The molecule has 1 aliphatic carbocycles. The van der Waals surface area contributed by atoms with E-state index in [2.05, 4.69) is 19.2 Å². The molecule has 2 aliphatic rings. The Bertz CT molecular complexity index is 418. The Morgan fingerprint density at radius 3 is 3.05 bits per heavy atom. The molecule has 0 spiro atoms. The molecule has 0 radical (unpaired) electrons. The van der Waals surface area contributed by atoms with Crippen molar-refractivity contribution in [3.05, 3.63) is 15.6 Å². The van der Waals surface area contributed by atoms with E-state index in [0.29, 0.717) is 5.92 Å². The molecule has 0 saturated carbocycles. The lowest BCUT2D eigenvalue weighted by atomic mass is 9.85. The van der Waals surface area contributed by atoms with Crippen molar-refractivity contribution < 1.29 is 4.74 Å². The largest absolute Gasteiger partial charge is 0.381 e. The minimum atomic E-state index is 0.00150. The number of hydrogen-bond donors (Lipinski definition) is 1. The predicted molar refractivity (Wildman–Crippen MR) is 78.7 cm³/mol. The van der Waals surface area contributed by atoms with Crippen LogP contribution in [0.1, 0.15) is 48.7 Å². The molecule has 3 nitrogen and oxygen atoms in total. The fourth-order valence-corrected chi connectivity index (χ4v) is 4.53. The zero-order valence-corrected chi connectivity index (χ0v) is 12.8. The number of fused-ring (bicyclic) bond motifs is 1. The Morgan fingerprint density at radius 2 is 2.37 bits per heavy atom. The third kappa shape index (κ3) is 2.46. The van der Waals surface area contributed by atoms with Crippen LogP contribution in [0, 0.1) is 5.92 Å². The van der Waals surface area contributed by atoms with E-state index >= 15 is 0 Å². The summed E-state index contributed by atoms with van der Waals surface area (Å²) in [4.78, 5) is 6.49. The molecular formula is C15H24N2OS. The van der Waals surface area contributed by atoms with E-state index in [4.69, 9.17) is 9.72 Å². The van der Waals surface area contributed by atoms with Gasteiger partial charge < -0.3 is 10.1 Å². The van der Waals surface area contributed by atoms with Crippen molar-refractivity contribution in [2.45, 2.75) is 51.5 Å². The third-order valence-corrected chi connectivity index (χ3v) is 5.92. The van der Waals surface area contributed by atoms with Gasteiger partial charge in [-0.2, -0.15) is 0 Å². The van der Waals surface area contributed by atoms with Crippen LogP contribution >= 0.6 is 11.3 Å². The quantitative estimate of drug-likeness (QED) is 0.900. The number of aryl methyl sites for hydroxylation is 2. The maximum atomic E-state index is 5.62. The lowest BCUT2D eigenvalue weighted by Gasteiger charge is -2.34. The molecule has 1 N–H and O–H groups in total. The number of hydrogen-bond acceptors (Lipinski definition) is 4. The average Bonchev–Trinajstić information content (AvgIpc) is 3.09. The van der Waals surface area contributed by atoms with Crippen molar-refractivity contribution in [1.82, 2.24) is 10.3 Å². The smallest absolute Gasteiger partial charge is 0.113 e. The molecule has 2 atom stereocenters. The first kappa shape index (κ1) is 13.5. The number of nitrogens with one attached hydrogen (secondary N) is 1. The van der Waals surface area contributed by atoms with Gasteiger partial charge in [0.2, 0.25) is 0 Å². The molecule has 1 aromatic rings. The first-order chi connectivity index (χ1) is 9.24. The molecule has 1 fully saturated rings. The molecule has 2 unspecified atom stereocenters. The molecule has 106 valence electrons. The molecule has 1 saturated heterocycles. The van der Waals surface area contributed by atoms with E-state index in [1.54, 1.807) is 0 Å². The topological polar surface area (TPSA) is 34.2 Å². The highest BCUT2D eigenvalue weighted by atomic mass is 32.1. The first-order valence-electron chi connectivity index (χ1n) is 7.56. The van der Waals surface area contributed by atoms with Gasteiger partial charge in [0.15, 0.2) is 0 Å². The summed E-state index contributed by atoms with van der Waals surface area (Å²) in [5.74, 6) is 0.560. The highest BCUT2D eigenvalue weighted by Gasteiger charge is 2.41. The van der Waals surface area contributed by atoms with E-state index in [-0.39, 0.29) is 5.54 Å². The fourth-order valence-electron chi connectivity index (χ4n) is 3.18. The summed E-state index contributed by atoms with van der Waals surface area (Å²) in [6, 6.07) is 0. The second-order valence-electron chi connectivity index (χ2n) is 5.93. The van der Waals surface area contributed by atoms with Gasteiger partial charge >= 0.3 is 0 Å². The first-order valence-corrected chi connectivity index (χ1v) is 8.37. The van der Waals surface area contributed by atoms with E-state index in [0.717, 1.165) is 32.6 Å². The monoisotopic (exact) mass is 280 g/mol. The maximum Gasteiger partial charge on any atom is 0.113 e. The second kappa shape index (κ2) is 5.51. The summed E-state index contributed by atoms with van der Waals surface area (Å²) in [5, 5.41) is 5.05. The van der Waals surface area contributed by atoms with Gasteiger partial charge in [-0.15, -0.1) is 11.3 Å². The minimum absolute atomic E-state index is 0.00150. The Morgan fingerprint density at radius 1 is 1.47 bits per heavy atom. The van der Waals surface area contributed by atoms with Crippen LogP contribution in [0.4, 0.5) is 0 Å². The summed E-state index contributed by atoms with van der Waals surface area (Å²) in [7, 11) is 0. The van der Waals surface area contributed by atoms with Crippen LogP contribution in [-0.4, -0.2) is 24.7 Å². The van der Waals surface area contributed by atoms with Gasteiger partial charge in [0.05, 0.1) is 17.8 Å². The number of thiazole rings is 1. The Kier molecular flexibility index (Phi) is 3.92. The van der Waals surface area contributed by atoms with Crippen molar-refractivity contribution in [2.75, 3.05) is 19.8 Å². The number of nitrogens with zero attached hydrogens (tertiary/aromatic N) is 1. The lowest BCUT2D eigenvalue weighted by molar-refractivity contribution is 0.152. The molecule has 0 bridgehead atoms. The zero-order valence-electron chi connectivity index (χ0n) is 12.0. The second-order valence-corrected chi connectivity index (χ2v) is 7.02. The maximum absolute atomic E-state index is 5.62.